The van der Waals surface area contributed by atoms with Crippen molar-refractivity contribution in [1.29, 1.82) is 0 Å². The topological polar surface area (TPSA) is 68.3 Å². The highest BCUT2D eigenvalue weighted by atomic mass is 16.6. The van der Waals surface area contributed by atoms with Crippen molar-refractivity contribution in [2.75, 3.05) is 26.7 Å². The average Bonchev–Trinajstić information content (AvgIpc) is 3.42. The molecule has 7 heteroatoms. The minimum Gasteiger partial charge on any atom is -0.493 e. The van der Waals surface area contributed by atoms with Crippen molar-refractivity contribution in [2.24, 2.45) is 5.92 Å². The van der Waals surface area contributed by atoms with E-state index in [0.29, 0.717) is 25.1 Å². The van der Waals surface area contributed by atoms with Crippen LogP contribution in [-0.2, 0) is 32.6 Å². The lowest BCUT2D eigenvalue weighted by molar-refractivity contribution is -0.224. The number of hydrogen-bond acceptors (Lipinski definition) is 6. The van der Waals surface area contributed by atoms with Gasteiger partial charge in [0.2, 0.25) is 5.91 Å². The van der Waals surface area contributed by atoms with E-state index in [9.17, 15) is 9.59 Å². The summed E-state index contributed by atoms with van der Waals surface area (Å²) in [6, 6.07) is 24.5. The molecule has 2 aliphatic carbocycles. The Hall–Kier alpha value is -4.10. The lowest BCUT2D eigenvalue weighted by Gasteiger charge is -2.65. The Morgan fingerprint density at radius 2 is 1.79 bits per heavy atom. The van der Waals surface area contributed by atoms with Crippen molar-refractivity contribution in [2.45, 2.75) is 82.1 Å². The van der Waals surface area contributed by atoms with Crippen molar-refractivity contribution < 1.29 is 23.8 Å². The standard InChI is InChI=1S/C40H46N2O5/c1-27(2)26-42(35(44)18-15-29-11-7-5-8-12-29)32-19-21-40(47-28(3)43)34-25-31-16-17-33(45-4)37-36(31)39(40,38(32)46-37)22-24-41(34)23-20-30-13-9-6-10-14-30/h5-18,27,32,34,38H,19-26H2,1-4H3/t32-,34+,38-,39-,40+/m0/s1. The van der Waals surface area contributed by atoms with Crippen LogP contribution in [-0.4, -0.2) is 72.2 Å². The van der Waals surface area contributed by atoms with Crippen LogP contribution in [0.3, 0.4) is 0 Å². The zero-order valence-corrected chi connectivity index (χ0v) is 28.0. The number of esters is 1. The summed E-state index contributed by atoms with van der Waals surface area (Å²) >= 11 is 0. The van der Waals surface area contributed by atoms with Gasteiger partial charge in [0, 0.05) is 31.7 Å². The second-order valence-corrected chi connectivity index (χ2v) is 14.1. The molecule has 2 heterocycles. The van der Waals surface area contributed by atoms with Gasteiger partial charge in [-0.15, -0.1) is 0 Å². The molecule has 5 atom stereocenters. The fraction of sp³-hybridized carbons (Fsp3) is 0.450. The van der Waals surface area contributed by atoms with Crippen LogP contribution in [0.15, 0.2) is 78.9 Å². The molecule has 2 aliphatic heterocycles. The van der Waals surface area contributed by atoms with Gasteiger partial charge < -0.3 is 19.1 Å². The van der Waals surface area contributed by atoms with E-state index in [4.69, 9.17) is 14.2 Å². The van der Waals surface area contributed by atoms with Crippen molar-refractivity contribution >= 4 is 18.0 Å². The number of hydrogen-bond donors (Lipinski definition) is 0. The summed E-state index contributed by atoms with van der Waals surface area (Å²) in [7, 11) is 1.68. The van der Waals surface area contributed by atoms with Gasteiger partial charge in [-0.1, -0.05) is 80.6 Å². The summed E-state index contributed by atoms with van der Waals surface area (Å²) in [5.41, 5.74) is 3.25. The van der Waals surface area contributed by atoms with E-state index in [2.05, 4.69) is 55.1 Å². The molecule has 1 amide bonds. The molecular formula is C40H46N2O5. The Kier molecular flexibility index (Phi) is 8.37. The highest BCUT2D eigenvalue weighted by molar-refractivity contribution is 5.92. The van der Waals surface area contributed by atoms with Gasteiger partial charge in [-0.25, -0.2) is 0 Å². The molecule has 0 radical (unpaired) electrons. The molecule has 3 aromatic rings. The van der Waals surface area contributed by atoms with Gasteiger partial charge in [-0.2, -0.15) is 0 Å². The Bertz CT molecular complexity index is 1660. The van der Waals surface area contributed by atoms with Gasteiger partial charge in [0.1, 0.15) is 11.7 Å². The zero-order valence-electron chi connectivity index (χ0n) is 28.0. The lowest BCUT2D eigenvalue weighted by atomic mass is 9.48. The predicted octanol–water partition coefficient (Wildman–Crippen LogP) is 6.23. The SMILES string of the molecule is COc1ccc2c3c1O[C@H]1[C@@H](N(CC(C)C)C(=O)C=Cc4ccccc4)CC[C@@]4(OC(C)=O)[C@@H](C2)N(CCc2ccccc2)CC[C@]314. The molecule has 0 aromatic heterocycles. The van der Waals surface area contributed by atoms with Crippen molar-refractivity contribution in [3.8, 4) is 11.5 Å². The van der Waals surface area contributed by atoms with Gasteiger partial charge in [-0.3, -0.25) is 14.5 Å². The summed E-state index contributed by atoms with van der Waals surface area (Å²) in [5.74, 6) is 1.42. The van der Waals surface area contributed by atoms with E-state index >= 15 is 0 Å². The second-order valence-electron chi connectivity index (χ2n) is 14.1. The van der Waals surface area contributed by atoms with Crippen LogP contribution < -0.4 is 9.47 Å². The number of likely N-dealkylation sites (tertiary alicyclic amines) is 1. The number of amides is 1. The quantitative estimate of drug-likeness (QED) is 0.195. The van der Waals surface area contributed by atoms with Crippen LogP contribution in [0.5, 0.6) is 11.5 Å². The third-order valence-electron chi connectivity index (χ3n) is 11.0. The molecule has 246 valence electrons. The molecule has 2 bridgehead atoms. The Labute approximate surface area is 278 Å². The van der Waals surface area contributed by atoms with Crippen LogP contribution in [0.4, 0.5) is 0 Å². The van der Waals surface area contributed by atoms with E-state index in [1.165, 1.54) is 18.1 Å². The normalized spacial score (nSPS) is 27.3. The smallest absolute Gasteiger partial charge is 0.303 e. The summed E-state index contributed by atoms with van der Waals surface area (Å²) in [6.45, 7) is 8.18. The van der Waals surface area contributed by atoms with E-state index < -0.39 is 11.0 Å². The van der Waals surface area contributed by atoms with Gasteiger partial charge >= 0.3 is 5.97 Å². The van der Waals surface area contributed by atoms with Crippen molar-refractivity contribution in [3.05, 3.63) is 101 Å². The van der Waals surface area contributed by atoms with Gasteiger partial charge in [0.05, 0.1) is 24.6 Å². The molecule has 47 heavy (non-hydrogen) atoms. The van der Waals surface area contributed by atoms with E-state index in [0.717, 1.165) is 49.2 Å². The molecule has 3 aromatic carbocycles. The van der Waals surface area contributed by atoms with Gasteiger partial charge in [-0.05, 0) is 73.4 Å². The molecule has 7 rings (SSSR count). The summed E-state index contributed by atoms with van der Waals surface area (Å²) in [6.07, 6.45) is 7.01. The van der Waals surface area contributed by atoms with Crippen LogP contribution in [0.25, 0.3) is 6.08 Å². The molecule has 4 aliphatic rings. The number of carbonyl (C=O) groups excluding carboxylic acids is 2. The first-order valence-corrected chi connectivity index (χ1v) is 17.2. The largest absolute Gasteiger partial charge is 0.493 e. The number of ether oxygens (including phenoxy) is 3. The van der Waals surface area contributed by atoms with E-state index in [-0.39, 0.29) is 36.0 Å². The minimum absolute atomic E-state index is 0.00464. The highest BCUT2D eigenvalue weighted by Gasteiger charge is 2.75. The van der Waals surface area contributed by atoms with Crippen LogP contribution >= 0.6 is 0 Å². The average molecular weight is 635 g/mol. The molecule has 2 fully saturated rings. The van der Waals surface area contributed by atoms with Crippen LogP contribution in [0.2, 0.25) is 0 Å². The third-order valence-corrected chi connectivity index (χ3v) is 11.0. The zero-order chi connectivity index (χ0) is 32.8. The molecule has 1 saturated carbocycles. The Balaban J connectivity index is 1.32. The van der Waals surface area contributed by atoms with Crippen LogP contribution in [0.1, 0.15) is 62.3 Å². The van der Waals surface area contributed by atoms with E-state index in [1.807, 2.05) is 47.4 Å². The monoisotopic (exact) mass is 634 g/mol. The number of nitrogens with zero attached hydrogens (tertiary/aromatic N) is 2. The lowest BCUT2D eigenvalue weighted by Crippen LogP contribution is -2.79. The van der Waals surface area contributed by atoms with Crippen LogP contribution in [0, 0.1) is 5.92 Å². The fourth-order valence-electron chi connectivity index (χ4n) is 9.30. The van der Waals surface area contributed by atoms with Gasteiger partial charge in [0.15, 0.2) is 11.5 Å². The first kappa shape index (κ1) is 31.5. The number of piperidine rings is 1. The first-order chi connectivity index (χ1) is 22.8. The summed E-state index contributed by atoms with van der Waals surface area (Å²) < 4.78 is 19.7. The molecule has 1 saturated heterocycles. The van der Waals surface area contributed by atoms with Gasteiger partial charge in [0.25, 0.3) is 0 Å². The number of carbonyl (C=O) groups is 2. The predicted molar refractivity (Wildman–Crippen MR) is 182 cm³/mol. The molecule has 0 N–H and O–H groups in total. The third kappa shape index (κ3) is 5.23. The van der Waals surface area contributed by atoms with Crippen molar-refractivity contribution in [3.63, 3.8) is 0 Å². The summed E-state index contributed by atoms with van der Waals surface area (Å²) in [4.78, 5) is 31.9. The molecule has 0 unspecified atom stereocenters. The molecular weight excluding hydrogens is 588 g/mol. The van der Waals surface area contributed by atoms with E-state index in [1.54, 1.807) is 13.2 Å². The summed E-state index contributed by atoms with van der Waals surface area (Å²) in [5, 5.41) is 0. The second kappa shape index (κ2) is 12.5. The van der Waals surface area contributed by atoms with Crippen molar-refractivity contribution in [1.82, 2.24) is 9.80 Å². The minimum atomic E-state index is -0.786. The molecule has 7 nitrogen and oxygen atoms in total. The maximum Gasteiger partial charge on any atom is 0.303 e. The molecule has 1 spiro atoms. The first-order valence-electron chi connectivity index (χ1n) is 17.2. The Morgan fingerprint density at radius 1 is 1.04 bits per heavy atom. The number of methoxy groups -OCH3 is 1. The number of benzene rings is 3. The maximum absolute atomic E-state index is 14.2. The maximum atomic E-state index is 14.2. The highest BCUT2D eigenvalue weighted by Crippen LogP contribution is 2.67. The Morgan fingerprint density at radius 3 is 2.49 bits per heavy atom. The number of rotatable bonds is 10. The fourth-order valence-corrected chi connectivity index (χ4v) is 9.30.